The van der Waals surface area contributed by atoms with Gasteiger partial charge in [-0.05, 0) is 32.1 Å². The zero-order chi connectivity index (χ0) is 18.0. The molecule has 7 heteroatoms. The Balaban J connectivity index is 1.73. The van der Waals surface area contributed by atoms with E-state index in [1.54, 1.807) is 19.1 Å². The van der Waals surface area contributed by atoms with Crippen LogP contribution in [0.25, 0.3) is 0 Å². The fraction of sp³-hybridized carbons (Fsp3) is 0.500. The molecule has 0 saturated carbocycles. The monoisotopic (exact) mass is 344 g/mol. The average molecular weight is 344 g/mol. The summed E-state index contributed by atoms with van der Waals surface area (Å²) in [7, 11) is 4.11. The van der Waals surface area contributed by atoms with Crippen molar-refractivity contribution in [2.45, 2.75) is 26.5 Å². The Morgan fingerprint density at radius 2 is 2.12 bits per heavy atom. The Morgan fingerprint density at radius 1 is 1.36 bits per heavy atom. The minimum absolute atomic E-state index is 0.00362. The third-order valence-corrected chi connectivity index (χ3v) is 4.57. The summed E-state index contributed by atoms with van der Waals surface area (Å²) >= 11 is 0. The van der Waals surface area contributed by atoms with Gasteiger partial charge in [-0.2, -0.15) is 4.98 Å². The first-order valence-corrected chi connectivity index (χ1v) is 8.42. The van der Waals surface area contributed by atoms with Gasteiger partial charge in [-0.15, -0.1) is 0 Å². The van der Waals surface area contributed by atoms with Crippen molar-refractivity contribution in [3.63, 3.8) is 0 Å². The molecule has 7 nitrogen and oxygen atoms in total. The van der Waals surface area contributed by atoms with Gasteiger partial charge >= 0.3 is 0 Å². The molecule has 1 amide bonds. The van der Waals surface area contributed by atoms with E-state index < -0.39 is 0 Å². The van der Waals surface area contributed by atoms with E-state index in [0.717, 1.165) is 13.1 Å². The van der Waals surface area contributed by atoms with Crippen molar-refractivity contribution in [2.75, 3.05) is 27.2 Å². The molecule has 134 valence electrons. The second kappa shape index (κ2) is 7.23. The number of rotatable bonds is 5. The van der Waals surface area contributed by atoms with E-state index in [0.29, 0.717) is 35.0 Å². The van der Waals surface area contributed by atoms with E-state index in [4.69, 9.17) is 9.26 Å². The predicted molar refractivity (Wildman–Crippen MR) is 92.4 cm³/mol. The van der Waals surface area contributed by atoms with Crippen LogP contribution >= 0.6 is 0 Å². The number of hydrogen-bond donors (Lipinski definition) is 0. The minimum Gasteiger partial charge on any atom is -0.485 e. The van der Waals surface area contributed by atoms with E-state index in [-0.39, 0.29) is 12.5 Å². The van der Waals surface area contributed by atoms with Crippen LogP contribution in [0.2, 0.25) is 0 Å². The maximum absolute atomic E-state index is 13.0. The zero-order valence-electron chi connectivity index (χ0n) is 15.1. The van der Waals surface area contributed by atoms with Crippen molar-refractivity contribution in [2.24, 2.45) is 5.92 Å². The van der Waals surface area contributed by atoms with Gasteiger partial charge in [0.25, 0.3) is 5.91 Å². The fourth-order valence-corrected chi connectivity index (χ4v) is 3.27. The molecule has 1 fully saturated rings. The number of carbonyl (C=O) groups is 1. The van der Waals surface area contributed by atoms with Gasteiger partial charge in [-0.25, -0.2) is 0 Å². The Hall–Kier alpha value is -2.41. The maximum Gasteiger partial charge on any atom is 0.257 e. The fourth-order valence-electron chi connectivity index (χ4n) is 3.27. The molecule has 3 rings (SSSR count). The molecule has 0 bridgehead atoms. The van der Waals surface area contributed by atoms with Gasteiger partial charge in [0.15, 0.2) is 6.61 Å². The minimum atomic E-state index is -0.00362. The van der Waals surface area contributed by atoms with Crippen molar-refractivity contribution in [1.82, 2.24) is 19.9 Å². The predicted octanol–water partition coefficient (Wildman–Crippen LogP) is 1.98. The zero-order valence-corrected chi connectivity index (χ0v) is 15.1. The molecule has 25 heavy (non-hydrogen) atoms. The highest BCUT2D eigenvalue weighted by atomic mass is 16.5. The molecular weight excluding hydrogens is 320 g/mol. The van der Waals surface area contributed by atoms with Crippen LogP contribution in [0, 0.1) is 12.8 Å². The molecule has 0 spiro atoms. The lowest BCUT2D eigenvalue weighted by atomic mass is 10.1. The van der Waals surface area contributed by atoms with Crippen LogP contribution in [0.3, 0.4) is 0 Å². The summed E-state index contributed by atoms with van der Waals surface area (Å²) in [6.45, 7) is 5.55. The lowest BCUT2D eigenvalue weighted by molar-refractivity contribution is 0.0776. The van der Waals surface area contributed by atoms with Crippen LogP contribution in [0.4, 0.5) is 0 Å². The second-order valence-electron chi connectivity index (χ2n) is 6.73. The standard InChI is InChI=1S/C18H24N4O3/c1-12-9-22(10-15(12)21(3)4)18(23)14-7-5-6-8-16(14)24-11-17-19-13(2)25-20-17/h5-8,12,15H,9-11H2,1-4H3. The highest BCUT2D eigenvalue weighted by Gasteiger charge is 2.34. The van der Waals surface area contributed by atoms with Crippen molar-refractivity contribution in [1.29, 1.82) is 0 Å². The summed E-state index contributed by atoms with van der Waals surface area (Å²) in [5.74, 6) is 1.92. The molecule has 1 aromatic carbocycles. The molecule has 2 unspecified atom stereocenters. The van der Waals surface area contributed by atoms with Gasteiger partial charge in [0.1, 0.15) is 5.75 Å². The largest absolute Gasteiger partial charge is 0.485 e. The third-order valence-electron chi connectivity index (χ3n) is 4.57. The van der Waals surface area contributed by atoms with Gasteiger partial charge in [0.2, 0.25) is 11.7 Å². The molecule has 2 atom stereocenters. The molecule has 0 radical (unpaired) electrons. The maximum atomic E-state index is 13.0. The summed E-state index contributed by atoms with van der Waals surface area (Å²) in [6, 6.07) is 7.67. The normalized spacial score (nSPS) is 20.3. The highest BCUT2D eigenvalue weighted by molar-refractivity contribution is 5.97. The van der Waals surface area contributed by atoms with Gasteiger partial charge in [-0.3, -0.25) is 4.79 Å². The summed E-state index contributed by atoms with van der Waals surface area (Å²) in [6.07, 6.45) is 0. The quantitative estimate of drug-likeness (QED) is 0.826. The number of aryl methyl sites for hydroxylation is 1. The number of benzene rings is 1. The van der Waals surface area contributed by atoms with Crippen molar-refractivity contribution in [3.05, 3.63) is 41.5 Å². The van der Waals surface area contributed by atoms with E-state index in [9.17, 15) is 4.79 Å². The van der Waals surface area contributed by atoms with E-state index >= 15 is 0 Å². The van der Waals surface area contributed by atoms with Crippen molar-refractivity contribution in [3.8, 4) is 5.75 Å². The topological polar surface area (TPSA) is 71.7 Å². The highest BCUT2D eigenvalue weighted by Crippen LogP contribution is 2.26. The summed E-state index contributed by atoms with van der Waals surface area (Å²) in [5.41, 5.74) is 0.564. The number of likely N-dealkylation sites (tertiary alicyclic amines) is 1. The average Bonchev–Trinajstić information content (AvgIpc) is 3.18. The molecular formula is C18H24N4O3. The van der Waals surface area contributed by atoms with Gasteiger partial charge in [0.05, 0.1) is 5.56 Å². The van der Waals surface area contributed by atoms with Crippen LogP contribution in [0.15, 0.2) is 28.8 Å². The Morgan fingerprint density at radius 3 is 2.76 bits per heavy atom. The number of amides is 1. The Kier molecular flexibility index (Phi) is 5.03. The smallest absolute Gasteiger partial charge is 0.257 e. The SMILES string of the molecule is Cc1nc(COc2ccccc2C(=O)N2CC(C)C(N(C)C)C2)no1. The summed E-state index contributed by atoms with van der Waals surface area (Å²) < 4.78 is 10.7. The van der Waals surface area contributed by atoms with Crippen molar-refractivity contribution >= 4 is 5.91 Å². The molecule has 1 aliphatic heterocycles. The summed E-state index contributed by atoms with van der Waals surface area (Å²) in [4.78, 5) is 21.2. The molecule has 0 N–H and O–H groups in total. The molecule has 2 aromatic rings. The van der Waals surface area contributed by atoms with Crippen LogP contribution in [0.1, 0.15) is 29.0 Å². The Bertz CT molecular complexity index is 743. The van der Waals surface area contributed by atoms with Crippen LogP contribution < -0.4 is 4.74 Å². The second-order valence-corrected chi connectivity index (χ2v) is 6.73. The lowest BCUT2D eigenvalue weighted by Crippen LogP contribution is -2.35. The van der Waals surface area contributed by atoms with Gasteiger partial charge in [-0.1, -0.05) is 24.2 Å². The number of ether oxygens (including phenoxy) is 1. The van der Waals surface area contributed by atoms with Crippen LogP contribution in [0.5, 0.6) is 5.75 Å². The molecule has 1 aromatic heterocycles. The van der Waals surface area contributed by atoms with E-state index in [2.05, 4.69) is 36.1 Å². The number of nitrogens with zero attached hydrogens (tertiary/aromatic N) is 4. The van der Waals surface area contributed by atoms with Crippen LogP contribution in [-0.4, -0.2) is 59.1 Å². The first-order valence-electron chi connectivity index (χ1n) is 8.42. The van der Waals surface area contributed by atoms with Crippen LogP contribution in [-0.2, 0) is 6.61 Å². The molecule has 0 aliphatic carbocycles. The molecule has 1 saturated heterocycles. The van der Waals surface area contributed by atoms with E-state index in [1.807, 2.05) is 17.0 Å². The summed E-state index contributed by atoms with van der Waals surface area (Å²) in [5, 5.41) is 3.81. The van der Waals surface area contributed by atoms with Gasteiger partial charge < -0.3 is 19.1 Å². The van der Waals surface area contributed by atoms with Gasteiger partial charge in [0, 0.05) is 26.1 Å². The third kappa shape index (κ3) is 3.82. The number of likely N-dealkylation sites (N-methyl/N-ethyl adjacent to an activating group) is 1. The number of hydrogen-bond acceptors (Lipinski definition) is 6. The molecule has 1 aliphatic rings. The lowest BCUT2D eigenvalue weighted by Gasteiger charge is -2.22. The Labute approximate surface area is 147 Å². The number of para-hydroxylation sites is 1. The number of aromatic nitrogens is 2. The first-order chi connectivity index (χ1) is 12.0. The van der Waals surface area contributed by atoms with E-state index in [1.165, 1.54) is 0 Å². The number of carbonyl (C=O) groups excluding carboxylic acids is 1. The van der Waals surface area contributed by atoms with Crippen molar-refractivity contribution < 1.29 is 14.1 Å². The molecule has 2 heterocycles. The first kappa shape index (κ1) is 17.4.